The molecule has 1 amide bonds. The van der Waals surface area contributed by atoms with Crippen LogP contribution in [-0.4, -0.2) is 30.6 Å². The van der Waals surface area contributed by atoms with Gasteiger partial charge >= 0.3 is 0 Å². The van der Waals surface area contributed by atoms with Gasteiger partial charge in [-0.3, -0.25) is 9.63 Å². The number of aromatic nitrogens is 1. The van der Waals surface area contributed by atoms with Crippen molar-refractivity contribution in [3.8, 4) is 6.07 Å². The lowest BCUT2D eigenvalue weighted by Gasteiger charge is -2.32. The number of amides is 1. The molecule has 0 saturated carbocycles. The Bertz CT molecular complexity index is 516. The van der Waals surface area contributed by atoms with Crippen LogP contribution in [0.15, 0.2) is 18.3 Å². The zero-order chi connectivity index (χ0) is 15.8. The average molecular weight is 302 g/mol. The summed E-state index contributed by atoms with van der Waals surface area (Å²) in [6.45, 7) is 4.31. The number of hydrogen-bond donors (Lipinski definition) is 1. The topological polar surface area (TPSA) is 78.2 Å². The highest BCUT2D eigenvalue weighted by molar-refractivity contribution is 5.75. The molecule has 1 fully saturated rings. The van der Waals surface area contributed by atoms with Crippen molar-refractivity contribution in [3.63, 3.8) is 0 Å². The van der Waals surface area contributed by atoms with Gasteiger partial charge in [0.15, 0.2) is 0 Å². The highest BCUT2D eigenvalue weighted by Crippen LogP contribution is 2.24. The molecular weight excluding hydrogens is 280 g/mol. The van der Waals surface area contributed by atoms with Gasteiger partial charge in [-0.05, 0) is 37.3 Å². The molecule has 2 rings (SSSR count). The molecule has 1 aliphatic heterocycles. The van der Waals surface area contributed by atoms with Crippen molar-refractivity contribution in [1.29, 1.82) is 5.26 Å². The maximum atomic E-state index is 11.7. The number of nitriles is 1. The first-order valence-corrected chi connectivity index (χ1v) is 7.74. The molecule has 1 aromatic rings. The predicted octanol–water partition coefficient (Wildman–Crippen LogP) is 2.02. The number of rotatable bonds is 6. The second kappa shape index (κ2) is 8.35. The number of hydrogen-bond acceptors (Lipinski definition) is 5. The molecule has 22 heavy (non-hydrogen) atoms. The van der Waals surface area contributed by atoms with Gasteiger partial charge in [0.2, 0.25) is 5.91 Å². The summed E-state index contributed by atoms with van der Waals surface area (Å²) in [4.78, 5) is 23.3. The van der Waals surface area contributed by atoms with Crippen LogP contribution in [0.1, 0.15) is 38.2 Å². The summed E-state index contributed by atoms with van der Waals surface area (Å²) in [6.07, 6.45) is 4.92. The van der Waals surface area contributed by atoms with Crippen LogP contribution in [0, 0.1) is 17.2 Å². The van der Waals surface area contributed by atoms with Crippen LogP contribution in [0.5, 0.6) is 0 Å². The standard InChI is InChI=1S/C16H22N4O2/c1-2-9-22-19-16(21)10-13-5-7-20(8-6-13)15-4-3-14(11-17)12-18-15/h3-4,12-13H,2,5-10H2,1H3,(H,19,21). The molecule has 0 aromatic carbocycles. The Kier molecular flexibility index (Phi) is 6.16. The van der Waals surface area contributed by atoms with E-state index < -0.39 is 0 Å². The van der Waals surface area contributed by atoms with Crippen LogP contribution >= 0.6 is 0 Å². The molecule has 6 heteroatoms. The number of piperidine rings is 1. The highest BCUT2D eigenvalue weighted by Gasteiger charge is 2.22. The Labute approximate surface area is 131 Å². The van der Waals surface area contributed by atoms with Gasteiger partial charge in [0, 0.05) is 25.7 Å². The van der Waals surface area contributed by atoms with Crippen LogP contribution in [0.25, 0.3) is 0 Å². The predicted molar refractivity (Wildman–Crippen MR) is 82.9 cm³/mol. The molecule has 118 valence electrons. The fourth-order valence-corrected chi connectivity index (χ4v) is 2.54. The van der Waals surface area contributed by atoms with Crippen molar-refractivity contribution < 1.29 is 9.63 Å². The number of hydroxylamine groups is 1. The third-order valence-electron chi connectivity index (χ3n) is 3.78. The molecule has 6 nitrogen and oxygen atoms in total. The molecular formula is C16H22N4O2. The number of carbonyl (C=O) groups excluding carboxylic acids is 1. The zero-order valence-electron chi connectivity index (χ0n) is 12.9. The molecule has 0 aliphatic carbocycles. The Balaban J connectivity index is 1.75. The monoisotopic (exact) mass is 302 g/mol. The van der Waals surface area contributed by atoms with Gasteiger partial charge in [-0.25, -0.2) is 10.5 Å². The lowest BCUT2D eigenvalue weighted by atomic mass is 9.93. The van der Waals surface area contributed by atoms with Crippen LogP contribution in [-0.2, 0) is 9.63 Å². The zero-order valence-corrected chi connectivity index (χ0v) is 12.9. The summed E-state index contributed by atoms with van der Waals surface area (Å²) in [5.41, 5.74) is 3.06. The van der Waals surface area contributed by atoms with E-state index in [0.717, 1.165) is 38.2 Å². The SMILES string of the molecule is CCCONC(=O)CC1CCN(c2ccc(C#N)cn2)CC1. The van der Waals surface area contributed by atoms with Gasteiger partial charge in [0.1, 0.15) is 11.9 Å². The van der Waals surface area contributed by atoms with E-state index in [2.05, 4.69) is 21.4 Å². The van der Waals surface area contributed by atoms with Gasteiger partial charge in [-0.15, -0.1) is 0 Å². The molecule has 0 atom stereocenters. The van der Waals surface area contributed by atoms with E-state index in [1.807, 2.05) is 13.0 Å². The van der Waals surface area contributed by atoms with Gasteiger partial charge in [0.25, 0.3) is 0 Å². The van der Waals surface area contributed by atoms with E-state index in [4.69, 9.17) is 10.1 Å². The fourth-order valence-electron chi connectivity index (χ4n) is 2.54. The molecule has 1 aromatic heterocycles. The maximum Gasteiger partial charge on any atom is 0.243 e. The van der Waals surface area contributed by atoms with E-state index in [1.54, 1.807) is 12.3 Å². The number of nitrogens with zero attached hydrogens (tertiary/aromatic N) is 3. The van der Waals surface area contributed by atoms with Crippen LogP contribution < -0.4 is 10.4 Å². The number of pyridine rings is 1. The number of anilines is 1. The Hall–Kier alpha value is -2.13. The van der Waals surface area contributed by atoms with Crippen molar-refractivity contribution in [2.45, 2.75) is 32.6 Å². The minimum Gasteiger partial charge on any atom is -0.357 e. The average Bonchev–Trinajstić information content (AvgIpc) is 2.56. The summed E-state index contributed by atoms with van der Waals surface area (Å²) in [6, 6.07) is 5.73. The summed E-state index contributed by atoms with van der Waals surface area (Å²) < 4.78 is 0. The van der Waals surface area contributed by atoms with Crippen molar-refractivity contribution in [3.05, 3.63) is 23.9 Å². The second-order valence-corrected chi connectivity index (χ2v) is 5.53. The van der Waals surface area contributed by atoms with Crippen molar-refractivity contribution in [2.75, 3.05) is 24.6 Å². The first-order valence-electron chi connectivity index (χ1n) is 7.74. The maximum absolute atomic E-state index is 11.7. The molecule has 1 saturated heterocycles. The van der Waals surface area contributed by atoms with E-state index in [1.165, 1.54) is 0 Å². The van der Waals surface area contributed by atoms with Gasteiger partial charge in [-0.1, -0.05) is 6.92 Å². The fraction of sp³-hybridized carbons (Fsp3) is 0.562. The van der Waals surface area contributed by atoms with Gasteiger partial charge in [-0.2, -0.15) is 5.26 Å². The minimum atomic E-state index is -0.0385. The van der Waals surface area contributed by atoms with Gasteiger partial charge in [0.05, 0.1) is 12.2 Å². The van der Waals surface area contributed by atoms with Crippen LogP contribution in [0.4, 0.5) is 5.82 Å². The second-order valence-electron chi connectivity index (χ2n) is 5.53. The third-order valence-corrected chi connectivity index (χ3v) is 3.78. The highest BCUT2D eigenvalue weighted by atomic mass is 16.6. The lowest BCUT2D eigenvalue weighted by molar-refractivity contribution is -0.134. The van der Waals surface area contributed by atoms with Crippen LogP contribution in [0.3, 0.4) is 0 Å². The smallest absolute Gasteiger partial charge is 0.243 e. The summed E-state index contributed by atoms with van der Waals surface area (Å²) in [5.74, 6) is 1.25. The molecule has 1 N–H and O–H groups in total. The molecule has 0 bridgehead atoms. The van der Waals surface area contributed by atoms with Crippen molar-refractivity contribution in [2.24, 2.45) is 5.92 Å². The Morgan fingerprint density at radius 3 is 2.86 bits per heavy atom. The normalized spacial score (nSPS) is 15.4. The van der Waals surface area contributed by atoms with Gasteiger partial charge < -0.3 is 4.90 Å². The first kappa shape index (κ1) is 16.2. The third kappa shape index (κ3) is 4.71. The lowest BCUT2D eigenvalue weighted by Crippen LogP contribution is -2.36. The molecule has 0 radical (unpaired) electrons. The summed E-state index contributed by atoms with van der Waals surface area (Å²) in [7, 11) is 0. The molecule has 0 unspecified atom stereocenters. The van der Waals surface area contributed by atoms with E-state index in [-0.39, 0.29) is 5.91 Å². The first-order chi connectivity index (χ1) is 10.7. The number of carbonyl (C=O) groups is 1. The van der Waals surface area contributed by atoms with E-state index in [9.17, 15) is 4.79 Å². The number of nitrogens with one attached hydrogen (secondary N) is 1. The van der Waals surface area contributed by atoms with E-state index in [0.29, 0.717) is 24.5 Å². The molecule has 1 aliphatic rings. The molecule has 2 heterocycles. The largest absolute Gasteiger partial charge is 0.357 e. The van der Waals surface area contributed by atoms with E-state index >= 15 is 0 Å². The Morgan fingerprint density at radius 1 is 1.50 bits per heavy atom. The summed E-state index contributed by atoms with van der Waals surface area (Å²) in [5, 5.41) is 8.78. The van der Waals surface area contributed by atoms with Crippen molar-refractivity contribution in [1.82, 2.24) is 10.5 Å². The molecule has 0 spiro atoms. The summed E-state index contributed by atoms with van der Waals surface area (Å²) >= 11 is 0. The van der Waals surface area contributed by atoms with Crippen LogP contribution in [0.2, 0.25) is 0 Å². The quantitative estimate of drug-likeness (QED) is 0.642. The minimum absolute atomic E-state index is 0.0385. The van der Waals surface area contributed by atoms with Crippen molar-refractivity contribution >= 4 is 11.7 Å². The Morgan fingerprint density at radius 2 is 2.27 bits per heavy atom.